The predicted molar refractivity (Wildman–Crippen MR) is 65.9 cm³/mol. The number of nitrogens with two attached hydrogens (primary N) is 1. The lowest BCUT2D eigenvalue weighted by Crippen LogP contribution is -2.10. The van der Waals surface area contributed by atoms with Crippen LogP contribution in [0.3, 0.4) is 0 Å². The van der Waals surface area contributed by atoms with Crippen LogP contribution in [0.2, 0.25) is 5.15 Å². The maximum atomic E-state index is 9.12. The molecule has 1 aliphatic rings. The van der Waals surface area contributed by atoms with E-state index in [2.05, 4.69) is 20.3 Å². The summed E-state index contributed by atoms with van der Waals surface area (Å²) in [5.41, 5.74) is 6.52. The third-order valence-corrected chi connectivity index (χ3v) is 3.26. The molecule has 0 saturated carbocycles. The number of aliphatic hydroxyl groups excluding tert-OH is 1. The minimum absolute atomic E-state index is 0.0116. The lowest BCUT2D eigenvalue weighted by atomic mass is 10.1. The molecule has 18 heavy (non-hydrogen) atoms. The van der Waals surface area contributed by atoms with Crippen molar-refractivity contribution < 1.29 is 5.11 Å². The number of rotatable bonds is 2. The van der Waals surface area contributed by atoms with Gasteiger partial charge in [-0.15, -0.1) is 5.10 Å². The molecule has 7 nitrogen and oxygen atoms in total. The Bertz CT molecular complexity index is 624. The van der Waals surface area contributed by atoms with Gasteiger partial charge in [0.05, 0.1) is 6.04 Å². The standard InChI is InChI=1S/C10H11ClN6O/c11-8-7-9(14-10(12)13-8)17(16-15-7)6-2-1-5(3-6)4-18/h1-2,5-6,18H,3-4H2,(H2,12,13,14)/t5-,6+/m0/s1. The Morgan fingerprint density at radius 1 is 1.44 bits per heavy atom. The number of halogens is 1. The number of fused-ring (bicyclic) bond motifs is 1. The fourth-order valence-corrected chi connectivity index (χ4v) is 2.31. The molecule has 2 aromatic heterocycles. The van der Waals surface area contributed by atoms with Crippen LogP contribution in [-0.2, 0) is 0 Å². The Labute approximate surface area is 107 Å². The van der Waals surface area contributed by atoms with Gasteiger partial charge >= 0.3 is 0 Å². The van der Waals surface area contributed by atoms with Gasteiger partial charge in [0.1, 0.15) is 0 Å². The summed E-state index contributed by atoms with van der Waals surface area (Å²) in [5.74, 6) is 0.237. The molecule has 0 spiro atoms. The van der Waals surface area contributed by atoms with Gasteiger partial charge in [-0.25, -0.2) is 4.68 Å². The second-order valence-corrected chi connectivity index (χ2v) is 4.57. The third-order valence-electron chi connectivity index (χ3n) is 3.00. The summed E-state index contributed by atoms with van der Waals surface area (Å²) in [6, 6.07) is 0.0116. The number of hydrogen-bond acceptors (Lipinski definition) is 6. The van der Waals surface area contributed by atoms with Crippen LogP contribution in [0.1, 0.15) is 12.5 Å². The van der Waals surface area contributed by atoms with E-state index in [1.165, 1.54) is 0 Å². The maximum Gasteiger partial charge on any atom is 0.223 e. The van der Waals surface area contributed by atoms with Gasteiger partial charge in [-0.3, -0.25) is 0 Å². The Balaban J connectivity index is 2.06. The van der Waals surface area contributed by atoms with Gasteiger partial charge in [-0.2, -0.15) is 9.97 Å². The van der Waals surface area contributed by atoms with Crippen LogP contribution in [0.25, 0.3) is 11.2 Å². The fraction of sp³-hybridized carbons (Fsp3) is 0.400. The van der Waals surface area contributed by atoms with Gasteiger partial charge in [-0.1, -0.05) is 29.0 Å². The number of allylic oxidation sites excluding steroid dienone is 1. The van der Waals surface area contributed by atoms with Crippen molar-refractivity contribution in [2.75, 3.05) is 12.3 Å². The number of nitrogens with zero attached hydrogens (tertiary/aromatic N) is 5. The van der Waals surface area contributed by atoms with Gasteiger partial charge in [0.15, 0.2) is 16.3 Å². The van der Waals surface area contributed by atoms with Crippen molar-refractivity contribution in [2.45, 2.75) is 12.5 Å². The molecule has 2 heterocycles. The highest BCUT2D eigenvalue weighted by atomic mass is 35.5. The molecule has 0 aliphatic heterocycles. The van der Waals surface area contributed by atoms with Crippen molar-refractivity contribution in [1.82, 2.24) is 25.0 Å². The molecule has 0 saturated heterocycles. The molecule has 0 fully saturated rings. The second kappa shape index (κ2) is 4.18. The van der Waals surface area contributed by atoms with Crippen molar-refractivity contribution in [3.8, 4) is 0 Å². The Morgan fingerprint density at radius 2 is 2.28 bits per heavy atom. The molecule has 8 heteroatoms. The van der Waals surface area contributed by atoms with Crippen LogP contribution in [-0.4, -0.2) is 36.7 Å². The van der Waals surface area contributed by atoms with E-state index in [0.29, 0.717) is 11.2 Å². The van der Waals surface area contributed by atoms with Crippen LogP contribution in [0.5, 0.6) is 0 Å². The summed E-state index contributed by atoms with van der Waals surface area (Å²) in [6.07, 6.45) is 4.70. The van der Waals surface area contributed by atoms with E-state index in [-0.39, 0.29) is 29.7 Å². The summed E-state index contributed by atoms with van der Waals surface area (Å²) < 4.78 is 1.66. The van der Waals surface area contributed by atoms with Crippen molar-refractivity contribution in [3.63, 3.8) is 0 Å². The van der Waals surface area contributed by atoms with Crippen molar-refractivity contribution in [1.29, 1.82) is 0 Å². The lowest BCUT2D eigenvalue weighted by Gasteiger charge is -2.10. The van der Waals surface area contributed by atoms with E-state index >= 15 is 0 Å². The molecular formula is C10H11ClN6O. The first kappa shape index (κ1) is 11.4. The predicted octanol–water partition coefficient (Wildman–Crippen LogP) is 0.566. The summed E-state index contributed by atoms with van der Waals surface area (Å²) in [5, 5.41) is 17.3. The van der Waals surface area contributed by atoms with Crippen LogP contribution < -0.4 is 5.73 Å². The zero-order valence-corrected chi connectivity index (χ0v) is 10.1. The van der Waals surface area contributed by atoms with Crippen molar-refractivity contribution in [2.24, 2.45) is 5.92 Å². The van der Waals surface area contributed by atoms with E-state index in [9.17, 15) is 0 Å². The molecular weight excluding hydrogens is 256 g/mol. The summed E-state index contributed by atoms with van der Waals surface area (Å²) in [4.78, 5) is 7.95. The van der Waals surface area contributed by atoms with Gasteiger partial charge < -0.3 is 10.8 Å². The molecule has 0 radical (unpaired) electrons. The number of hydrogen-bond donors (Lipinski definition) is 2. The van der Waals surface area contributed by atoms with E-state index in [1.54, 1.807) is 4.68 Å². The highest BCUT2D eigenvalue weighted by Gasteiger charge is 2.23. The Hall–Kier alpha value is -1.73. The zero-order chi connectivity index (χ0) is 12.7. The van der Waals surface area contributed by atoms with Crippen LogP contribution in [0.15, 0.2) is 12.2 Å². The Morgan fingerprint density at radius 3 is 3.00 bits per heavy atom. The highest BCUT2D eigenvalue weighted by Crippen LogP contribution is 2.29. The van der Waals surface area contributed by atoms with Crippen molar-refractivity contribution in [3.05, 3.63) is 17.3 Å². The molecule has 3 N–H and O–H groups in total. The van der Waals surface area contributed by atoms with Gasteiger partial charge in [-0.05, 0) is 6.42 Å². The maximum absolute atomic E-state index is 9.12. The molecule has 2 atom stereocenters. The minimum Gasteiger partial charge on any atom is -0.396 e. The first-order chi connectivity index (χ1) is 8.69. The fourth-order valence-electron chi connectivity index (χ4n) is 2.11. The van der Waals surface area contributed by atoms with E-state index in [1.807, 2.05) is 12.2 Å². The summed E-state index contributed by atoms with van der Waals surface area (Å²) in [7, 11) is 0. The van der Waals surface area contributed by atoms with Crippen LogP contribution in [0, 0.1) is 5.92 Å². The number of aromatic nitrogens is 5. The van der Waals surface area contributed by atoms with Crippen molar-refractivity contribution >= 4 is 28.7 Å². The number of nitrogen functional groups attached to an aromatic ring is 1. The summed E-state index contributed by atoms with van der Waals surface area (Å²) >= 11 is 5.93. The normalized spacial score (nSPS) is 23.0. The van der Waals surface area contributed by atoms with Gasteiger partial charge in [0.25, 0.3) is 0 Å². The SMILES string of the molecule is Nc1nc(Cl)c2nnn([C@@H]3C=C[C@H](CO)C3)c2n1. The van der Waals surface area contributed by atoms with Crippen LogP contribution >= 0.6 is 11.6 Å². The first-order valence-electron chi connectivity index (χ1n) is 5.52. The number of anilines is 1. The minimum atomic E-state index is 0.0116. The van der Waals surface area contributed by atoms with Crippen LogP contribution in [0.4, 0.5) is 5.95 Å². The first-order valence-corrected chi connectivity index (χ1v) is 5.90. The second-order valence-electron chi connectivity index (χ2n) is 4.21. The molecule has 1 aliphatic carbocycles. The van der Waals surface area contributed by atoms with Gasteiger partial charge in [0, 0.05) is 12.5 Å². The molecule has 0 unspecified atom stereocenters. The van der Waals surface area contributed by atoms with E-state index in [0.717, 1.165) is 6.42 Å². The topological polar surface area (TPSA) is 103 Å². The number of aliphatic hydroxyl groups is 1. The lowest BCUT2D eigenvalue weighted by molar-refractivity contribution is 0.243. The highest BCUT2D eigenvalue weighted by molar-refractivity contribution is 6.33. The molecule has 3 rings (SSSR count). The quantitative estimate of drug-likeness (QED) is 0.608. The third kappa shape index (κ3) is 1.72. The zero-order valence-electron chi connectivity index (χ0n) is 9.36. The monoisotopic (exact) mass is 266 g/mol. The molecule has 0 bridgehead atoms. The molecule has 2 aromatic rings. The average molecular weight is 267 g/mol. The van der Waals surface area contributed by atoms with Gasteiger partial charge in [0.2, 0.25) is 5.95 Å². The Kier molecular flexibility index (Phi) is 2.64. The summed E-state index contributed by atoms with van der Waals surface area (Å²) in [6.45, 7) is 0.123. The smallest absolute Gasteiger partial charge is 0.223 e. The largest absolute Gasteiger partial charge is 0.396 e. The molecule has 94 valence electrons. The van der Waals surface area contributed by atoms with E-state index < -0.39 is 0 Å². The molecule has 0 amide bonds. The average Bonchev–Trinajstić information content (AvgIpc) is 2.93. The van der Waals surface area contributed by atoms with E-state index in [4.69, 9.17) is 22.4 Å². The molecule has 0 aromatic carbocycles.